The number of aromatic carboxylic acids is 1. The Labute approximate surface area is 160 Å². The summed E-state index contributed by atoms with van der Waals surface area (Å²) in [5.74, 6) is -2.30. The van der Waals surface area contributed by atoms with Crippen molar-refractivity contribution >= 4 is 34.2 Å². The number of esters is 1. The number of amides is 1. The molecule has 0 unspecified atom stereocenters. The predicted octanol–water partition coefficient (Wildman–Crippen LogP) is 2.88. The van der Waals surface area contributed by atoms with Gasteiger partial charge >= 0.3 is 11.9 Å². The number of hydrogen-bond acceptors (Lipinski definition) is 6. The number of aromatic nitrogens is 2. The van der Waals surface area contributed by atoms with Crippen LogP contribution in [0.15, 0.2) is 6.20 Å². The Morgan fingerprint density at radius 1 is 1.33 bits per heavy atom. The molecule has 0 saturated heterocycles. The minimum atomic E-state index is -1.23. The molecule has 144 valence electrons. The first kappa shape index (κ1) is 19.1. The number of rotatable bonds is 6. The average molecular weight is 391 g/mol. The summed E-state index contributed by atoms with van der Waals surface area (Å²) in [6.07, 6.45) is 5.48. The molecule has 2 aromatic heterocycles. The predicted molar refractivity (Wildman–Crippen MR) is 99.7 cm³/mol. The van der Waals surface area contributed by atoms with Crippen LogP contribution in [-0.4, -0.2) is 39.3 Å². The van der Waals surface area contributed by atoms with E-state index < -0.39 is 17.8 Å². The Morgan fingerprint density at radius 2 is 2.07 bits per heavy atom. The summed E-state index contributed by atoms with van der Waals surface area (Å²) >= 11 is 1.36. The lowest BCUT2D eigenvalue weighted by Crippen LogP contribution is -2.20. The zero-order chi connectivity index (χ0) is 19.6. The van der Waals surface area contributed by atoms with Gasteiger partial charge in [0.15, 0.2) is 0 Å². The molecular weight excluding hydrogens is 370 g/mol. The van der Waals surface area contributed by atoms with Crippen LogP contribution in [0.25, 0.3) is 0 Å². The topological polar surface area (TPSA) is 111 Å². The zero-order valence-electron chi connectivity index (χ0n) is 15.2. The van der Waals surface area contributed by atoms with Crippen LogP contribution in [0.2, 0.25) is 0 Å². The highest BCUT2D eigenvalue weighted by Gasteiger charge is 2.29. The maximum absolute atomic E-state index is 12.7. The van der Waals surface area contributed by atoms with E-state index in [2.05, 4.69) is 10.4 Å². The van der Waals surface area contributed by atoms with Gasteiger partial charge in [-0.15, -0.1) is 11.3 Å². The molecule has 0 saturated carbocycles. The van der Waals surface area contributed by atoms with Crippen molar-refractivity contribution in [1.82, 2.24) is 9.78 Å². The van der Waals surface area contributed by atoms with Gasteiger partial charge < -0.3 is 15.2 Å². The van der Waals surface area contributed by atoms with E-state index in [4.69, 9.17) is 4.74 Å². The van der Waals surface area contributed by atoms with Crippen molar-refractivity contribution in [1.29, 1.82) is 0 Å². The van der Waals surface area contributed by atoms with E-state index in [0.29, 0.717) is 23.6 Å². The van der Waals surface area contributed by atoms with Gasteiger partial charge in [-0.05, 0) is 37.7 Å². The van der Waals surface area contributed by atoms with Crippen molar-refractivity contribution in [3.8, 4) is 0 Å². The lowest BCUT2D eigenvalue weighted by Gasteiger charge is -2.12. The molecule has 0 fully saturated rings. The maximum Gasteiger partial charge on any atom is 0.341 e. The molecular formula is C18H21N3O5S. The van der Waals surface area contributed by atoms with Crippen LogP contribution in [0.3, 0.4) is 0 Å². The van der Waals surface area contributed by atoms with E-state index in [9.17, 15) is 19.5 Å². The number of ether oxygens (including phenoxy) is 1. The number of carbonyl (C=O) groups excluding carboxylic acids is 2. The molecule has 2 heterocycles. The van der Waals surface area contributed by atoms with Gasteiger partial charge in [0, 0.05) is 11.9 Å². The van der Waals surface area contributed by atoms with Gasteiger partial charge in [-0.2, -0.15) is 5.10 Å². The van der Waals surface area contributed by atoms with Crippen LogP contribution in [-0.2, 0) is 24.6 Å². The van der Waals surface area contributed by atoms with E-state index >= 15 is 0 Å². The van der Waals surface area contributed by atoms with E-state index in [1.54, 1.807) is 0 Å². The second-order valence-electron chi connectivity index (χ2n) is 6.34. The van der Waals surface area contributed by atoms with E-state index in [1.807, 2.05) is 6.92 Å². The number of nitrogens with one attached hydrogen (secondary N) is 1. The highest BCUT2D eigenvalue weighted by molar-refractivity contribution is 7.17. The van der Waals surface area contributed by atoms with Crippen LogP contribution in [0.1, 0.15) is 67.8 Å². The minimum absolute atomic E-state index is 0.0678. The summed E-state index contributed by atoms with van der Waals surface area (Å²) in [5, 5.41) is 16.2. The molecule has 0 spiro atoms. The summed E-state index contributed by atoms with van der Waals surface area (Å²) < 4.78 is 6.51. The first-order valence-electron chi connectivity index (χ1n) is 8.82. The van der Waals surface area contributed by atoms with Crippen LogP contribution in [0, 0.1) is 0 Å². The normalized spacial score (nSPS) is 13.1. The third-order valence-electron chi connectivity index (χ3n) is 4.42. The van der Waals surface area contributed by atoms with Crippen LogP contribution in [0.5, 0.6) is 0 Å². The number of anilines is 1. The molecule has 3 rings (SSSR count). The second-order valence-corrected chi connectivity index (χ2v) is 7.45. The van der Waals surface area contributed by atoms with E-state index in [1.165, 1.54) is 23.1 Å². The fourth-order valence-electron chi connectivity index (χ4n) is 3.16. The lowest BCUT2D eigenvalue weighted by molar-refractivity contribution is 0.0505. The number of fused-ring (bicyclic) bond motifs is 1. The van der Waals surface area contributed by atoms with Crippen molar-refractivity contribution in [2.24, 2.45) is 7.05 Å². The molecule has 27 heavy (non-hydrogen) atoms. The zero-order valence-corrected chi connectivity index (χ0v) is 16.0. The van der Waals surface area contributed by atoms with E-state index in [0.717, 1.165) is 42.3 Å². The Balaban J connectivity index is 1.96. The Morgan fingerprint density at radius 3 is 2.78 bits per heavy atom. The summed E-state index contributed by atoms with van der Waals surface area (Å²) in [4.78, 5) is 37.7. The summed E-state index contributed by atoms with van der Waals surface area (Å²) in [7, 11) is 1.50. The SMILES string of the molecule is CCCOC(=O)c1c(NC(=O)c2c(C(=O)O)cnn2C)sc2c1CCCC2. The first-order valence-corrected chi connectivity index (χ1v) is 9.64. The fourth-order valence-corrected chi connectivity index (χ4v) is 4.43. The van der Waals surface area contributed by atoms with Crippen LogP contribution < -0.4 is 5.32 Å². The van der Waals surface area contributed by atoms with Gasteiger partial charge in [0.25, 0.3) is 5.91 Å². The monoisotopic (exact) mass is 391 g/mol. The number of carboxylic acids is 1. The molecule has 1 aliphatic rings. The summed E-state index contributed by atoms with van der Waals surface area (Å²) in [6.45, 7) is 2.22. The largest absolute Gasteiger partial charge is 0.478 e. The van der Waals surface area contributed by atoms with Gasteiger partial charge in [0.1, 0.15) is 16.3 Å². The highest BCUT2D eigenvalue weighted by atomic mass is 32.1. The van der Waals surface area contributed by atoms with Gasteiger partial charge in [-0.3, -0.25) is 9.48 Å². The molecule has 0 atom stereocenters. The molecule has 1 amide bonds. The van der Waals surface area contributed by atoms with E-state index in [-0.39, 0.29) is 11.3 Å². The van der Waals surface area contributed by atoms with Crippen LogP contribution >= 0.6 is 11.3 Å². The number of carboxylic acid groups (broad SMARTS) is 1. The van der Waals surface area contributed by atoms with Crippen molar-refractivity contribution in [2.45, 2.75) is 39.0 Å². The first-order chi connectivity index (χ1) is 12.9. The number of thiophene rings is 1. The molecule has 0 radical (unpaired) electrons. The molecule has 9 heteroatoms. The number of aryl methyl sites for hydroxylation is 2. The average Bonchev–Trinajstić information content (AvgIpc) is 3.19. The molecule has 2 N–H and O–H groups in total. The summed E-state index contributed by atoms with van der Waals surface area (Å²) in [5.41, 5.74) is 1.08. The van der Waals surface area contributed by atoms with Gasteiger partial charge in [-0.25, -0.2) is 9.59 Å². The maximum atomic E-state index is 12.7. The summed E-state index contributed by atoms with van der Waals surface area (Å²) in [6, 6.07) is 0. The smallest absolute Gasteiger partial charge is 0.341 e. The Kier molecular flexibility index (Phi) is 5.59. The molecule has 0 aliphatic heterocycles. The highest BCUT2D eigenvalue weighted by Crippen LogP contribution is 2.38. The molecule has 2 aromatic rings. The Bertz CT molecular complexity index is 899. The van der Waals surface area contributed by atoms with Crippen LogP contribution in [0.4, 0.5) is 5.00 Å². The number of carbonyl (C=O) groups is 3. The lowest BCUT2D eigenvalue weighted by atomic mass is 9.95. The third-order valence-corrected chi connectivity index (χ3v) is 5.63. The molecule has 1 aliphatic carbocycles. The molecule has 0 aromatic carbocycles. The van der Waals surface area contributed by atoms with Crippen molar-refractivity contribution in [3.05, 3.63) is 33.5 Å². The Hall–Kier alpha value is -2.68. The number of hydrogen-bond donors (Lipinski definition) is 2. The minimum Gasteiger partial charge on any atom is -0.478 e. The number of nitrogens with zero attached hydrogens (tertiary/aromatic N) is 2. The van der Waals surface area contributed by atoms with Crippen molar-refractivity contribution < 1.29 is 24.2 Å². The molecule has 8 nitrogen and oxygen atoms in total. The fraction of sp³-hybridized carbons (Fsp3) is 0.444. The second kappa shape index (κ2) is 7.91. The third kappa shape index (κ3) is 3.73. The van der Waals surface area contributed by atoms with Crippen molar-refractivity contribution in [3.63, 3.8) is 0 Å². The van der Waals surface area contributed by atoms with Gasteiger partial charge in [0.05, 0.1) is 18.4 Å². The quantitative estimate of drug-likeness (QED) is 0.733. The standard InChI is InChI=1S/C18H21N3O5S/c1-3-8-26-18(25)13-10-6-4-5-7-12(10)27-16(13)20-15(22)14-11(17(23)24)9-19-21(14)2/h9H,3-8H2,1-2H3,(H,20,22)(H,23,24). The van der Waals surface area contributed by atoms with Gasteiger partial charge in [0.2, 0.25) is 0 Å². The molecule has 0 bridgehead atoms. The van der Waals surface area contributed by atoms with Gasteiger partial charge in [-0.1, -0.05) is 6.92 Å². The van der Waals surface area contributed by atoms with Crippen molar-refractivity contribution in [2.75, 3.05) is 11.9 Å².